The average Bonchev–Trinajstić information content (AvgIpc) is 2.22. The van der Waals surface area contributed by atoms with Crippen molar-refractivity contribution in [1.29, 1.82) is 0 Å². The molecule has 0 radical (unpaired) electrons. The molecule has 0 fully saturated rings. The Bertz CT molecular complexity index is 515. The fourth-order valence-corrected chi connectivity index (χ4v) is 1.51. The third-order valence-corrected chi connectivity index (χ3v) is 2.14. The molecule has 0 atom stereocenters. The smallest absolute Gasteiger partial charge is 0.176 e. The predicted octanol–water partition coefficient (Wildman–Crippen LogP) is 3.46. The van der Waals surface area contributed by atoms with E-state index in [4.69, 9.17) is 4.74 Å². The fraction of sp³-hybridized carbons (Fsp3) is 0.0769. The van der Waals surface area contributed by atoms with Gasteiger partial charge < -0.3 is 9.84 Å². The van der Waals surface area contributed by atoms with Gasteiger partial charge in [0.25, 0.3) is 0 Å². The van der Waals surface area contributed by atoms with E-state index in [1.54, 1.807) is 13.0 Å². The van der Waals surface area contributed by atoms with E-state index in [0.717, 1.165) is 10.8 Å². The molecular formula is C13H12O2. The molecule has 2 rings (SSSR count). The number of benzene rings is 2. The molecule has 0 heterocycles. The van der Waals surface area contributed by atoms with E-state index in [1.165, 1.54) is 0 Å². The number of fused-ring (bicyclic) bond motifs is 1. The topological polar surface area (TPSA) is 29.5 Å². The summed E-state index contributed by atoms with van der Waals surface area (Å²) in [5.74, 6) is 1.17. The molecule has 0 aliphatic rings. The van der Waals surface area contributed by atoms with Crippen molar-refractivity contribution in [2.24, 2.45) is 0 Å². The lowest BCUT2D eigenvalue weighted by Crippen LogP contribution is -1.90. The van der Waals surface area contributed by atoms with Crippen LogP contribution in [0.2, 0.25) is 0 Å². The zero-order valence-corrected chi connectivity index (χ0v) is 8.53. The van der Waals surface area contributed by atoms with E-state index in [-0.39, 0.29) is 5.75 Å². The Hall–Kier alpha value is -1.96. The molecule has 0 unspecified atom stereocenters. The zero-order chi connectivity index (χ0) is 10.8. The first-order valence-electron chi connectivity index (χ1n) is 4.72. The molecule has 76 valence electrons. The number of allylic oxidation sites excluding steroid dienone is 1. The number of hydrogen-bond acceptors (Lipinski definition) is 2. The van der Waals surface area contributed by atoms with Crippen LogP contribution >= 0.6 is 0 Å². The van der Waals surface area contributed by atoms with Crippen molar-refractivity contribution in [3.8, 4) is 11.5 Å². The first-order valence-corrected chi connectivity index (χ1v) is 4.72. The molecule has 2 aromatic rings. The molecule has 2 nitrogen and oxygen atoms in total. The number of phenolic OH excluding ortho intramolecular Hbond substituents is 1. The second kappa shape index (κ2) is 3.65. The Morgan fingerprint density at radius 2 is 1.93 bits per heavy atom. The number of hydrogen-bond donors (Lipinski definition) is 1. The summed E-state index contributed by atoms with van der Waals surface area (Å²) >= 11 is 0. The lowest BCUT2D eigenvalue weighted by molar-refractivity contribution is 0.388. The first kappa shape index (κ1) is 9.59. The van der Waals surface area contributed by atoms with E-state index >= 15 is 0 Å². The minimum Gasteiger partial charge on any atom is -0.504 e. The van der Waals surface area contributed by atoms with Crippen LogP contribution in [-0.4, -0.2) is 5.11 Å². The number of phenols is 1. The van der Waals surface area contributed by atoms with E-state index < -0.39 is 0 Å². The molecule has 0 aliphatic heterocycles. The fourth-order valence-electron chi connectivity index (χ4n) is 1.51. The van der Waals surface area contributed by atoms with Gasteiger partial charge in [0, 0.05) is 5.39 Å². The molecule has 2 aromatic carbocycles. The van der Waals surface area contributed by atoms with Crippen LogP contribution < -0.4 is 4.74 Å². The number of ether oxygens (including phenoxy) is 1. The monoisotopic (exact) mass is 200 g/mol. The SMILES string of the molecule is C=C(C)Oc1c(O)ccc2ccccc12. The molecule has 0 spiro atoms. The predicted molar refractivity (Wildman–Crippen MR) is 61.1 cm³/mol. The molecule has 0 amide bonds. The molecular weight excluding hydrogens is 188 g/mol. The van der Waals surface area contributed by atoms with Gasteiger partial charge in [0.15, 0.2) is 11.5 Å². The van der Waals surface area contributed by atoms with Gasteiger partial charge in [-0.3, -0.25) is 0 Å². The van der Waals surface area contributed by atoms with E-state index in [1.807, 2.05) is 30.3 Å². The minimum absolute atomic E-state index is 0.136. The molecule has 1 N–H and O–H groups in total. The van der Waals surface area contributed by atoms with Crippen molar-refractivity contribution in [2.75, 3.05) is 0 Å². The second-order valence-electron chi connectivity index (χ2n) is 3.44. The van der Waals surface area contributed by atoms with Gasteiger partial charge in [0.05, 0.1) is 5.76 Å². The maximum atomic E-state index is 9.69. The molecule has 0 bridgehead atoms. The minimum atomic E-state index is 0.136. The first-order chi connectivity index (χ1) is 7.18. The normalized spacial score (nSPS) is 10.2. The third kappa shape index (κ3) is 1.79. The molecule has 0 aliphatic carbocycles. The van der Waals surface area contributed by atoms with E-state index in [2.05, 4.69) is 6.58 Å². The summed E-state index contributed by atoms with van der Waals surface area (Å²) in [6.07, 6.45) is 0. The summed E-state index contributed by atoms with van der Waals surface area (Å²) in [5.41, 5.74) is 0. The largest absolute Gasteiger partial charge is 0.504 e. The number of rotatable bonds is 2. The van der Waals surface area contributed by atoms with Gasteiger partial charge in [-0.25, -0.2) is 0 Å². The van der Waals surface area contributed by atoms with Crippen molar-refractivity contribution in [3.05, 3.63) is 48.7 Å². The lowest BCUT2D eigenvalue weighted by Gasteiger charge is -2.09. The average molecular weight is 200 g/mol. The lowest BCUT2D eigenvalue weighted by atomic mass is 10.1. The molecule has 0 saturated carbocycles. The van der Waals surface area contributed by atoms with Crippen LogP contribution in [0.5, 0.6) is 11.5 Å². The molecule has 15 heavy (non-hydrogen) atoms. The summed E-state index contributed by atoms with van der Waals surface area (Å²) in [5, 5.41) is 11.6. The quantitative estimate of drug-likeness (QED) is 0.752. The van der Waals surface area contributed by atoms with Crippen molar-refractivity contribution in [1.82, 2.24) is 0 Å². The van der Waals surface area contributed by atoms with Gasteiger partial charge in [0.1, 0.15) is 0 Å². The molecule has 2 heteroatoms. The van der Waals surface area contributed by atoms with Crippen LogP contribution in [0, 0.1) is 0 Å². The van der Waals surface area contributed by atoms with Crippen LogP contribution in [0.3, 0.4) is 0 Å². The zero-order valence-electron chi connectivity index (χ0n) is 8.53. The van der Waals surface area contributed by atoms with Crippen LogP contribution in [0.4, 0.5) is 0 Å². The standard InChI is InChI=1S/C13H12O2/c1-9(2)15-13-11-6-4-3-5-10(11)7-8-12(13)14/h3-8,14H,1H2,2H3. The summed E-state index contributed by atoms with van der Waals surface area (Å²) in [6, 6.07) is 11.2. The highest BCUT2D eigenvalue weighted by Gasteiger charge is 2.07. The van der Waals surface area contributed by atoms with Crippen molar-refractivity contribution >= 4 is 10.8 Å². The Morgan fingerprint density at radius 1 is 1.20 bits per heavy atom. The molecule has 0 aromatic heterocycles. The van der Waals surface area contributed by atoms with Crippen LogP contribution in [0.25, 0.3) is 10.8 Å². The van der Waals surface area contributed by atoms with Crippen molar-refractivity contribution in [2.45, 2.75) is 6.92 Å². The summed E-state index contributed by atoms with van der Waals surface area (Å²) in [7, 11) is 0. The highest BCUT2D eigenvalue weighted by molar-refractivity contribution is 5.90. The van der Waals surface area contributed by atoms with Gasteiger partial charge in [-0.05, 0) is 18.4 Å². The van der Waals surface area contributed by atoms with Crippen LogP contribution in [0.1, 0.15) is 6.92 Å². The van der Waals surface area contributed by atoms with Gasteiger partial charge in [-0.15, -0.1) is 0 Å². The van der Waals surface area contributed by atoms with Gasteiger partial charge in [-0.1, -0.05) is 36.9 Å². The highest BCUT2D eigenvalue weighted by atomic mass is 16.5. The van der Waals surface area contributed by atoms with E-state index in [9.17, 15) is 5.11 Å². The number of aromatic hydroxyl groups is 1. The van der Waals surface area contributed by atoms with Crippen molar-refractivity contribution < 1.29 is 9.84 Å². The second-order valence-corrected chi connectivity index (χ2v) is 3.44. The third-order valence-electron chi connectivity index (χ3n) is 2.14. The van der Waals surface area contributed by atoms with E-state index in [0.29, 0.717) is 11.5 Å². The van der Waals surface area contributed by atoms with Crippen molar-refractivity contribution in [3.63, 3.8) is 0 Å². The summed E-state index contributed by atoms with van der Waals surface area (Å²) < 4.78 is 5.41. The van der Waals surface area contributed by atoms with Crippen LogP contribution in [-0.2, 0) is 0 Å². The Balaban J connectivity index is 2.68. The maximum Gasteiger partial charge on any atom is 0.176 e. The maximum absolute atomic E-state index is 9.69. The Labute approximate surface area is 88.4 Å². The van der Waals surface area contributed by atoms with Crippen LogP contribution in [0.15, 0.2) is 48.7 Å². The van der Waals surface area contributed by atoms with Gasteiger partial charge in [-0.2, -0.15) is 0 Å². The Morgan fingerprint density at radius 3 is 2.67 bits per heavy atom. The molecule has 0 saturated heterocycles. The van der Waals surface area contributed by atoms with Gasteiger partial charge in [0.2, 0.25) is 0 Å². The Kier molecular flexibility index (Phi) is 2.34. The van der Waals surface area contributed by atoms with Gasteiger partial charge >= 0.3 is 0 Å². The summed E-state index contributed by atoms with van der Waals surface area (Å²) in [6.45, 7) is 5.42. The summed E-state index contributed by atoms with van der Waals surface area (Å²) in [4.78, 5) is 0. The highest BCUT2D eigenvalue weighted by Crippen LogP contribution is 2.35.